The number of hydrogen-bond acceptors (Lipinski definition) is 2. The third-order valence-electron chi connectivity index (χ3n) is 6.93. The summed E-state index contributed by atoms with van der Waals surface area (Å²) in [5, 5.41) is 0.760. The molecule has 2 fully saturated rings. The number of methoxy groups -OCH3 is 1. The molecule has 1 spiro atoms. The third-order valence-corrected chi connectivity index (χ3v) is 9.15. The van der Waals surface area contributed by atoms with Gasteiger partial charge in [0.05, 0.1) is 6.61 Å². The van der Waals surface area contributed by atoms with Gasteiger partial charge in [-0.3, -0.25) is 0 Å². The van der Waals surface area contributed by atoms with E-state index in [-0.39, 0.29) is 0 Å². The molecule has 0 bridgehead atoms. The maximum atomic E-state index is 5.70. The molecular formula is C17H32OS. The predicted octanol–water partition coefficient (Wildman–Crippen LogP) is 5.14. The van der Waals surface area contributed by atoms with Crippen molar-refractivity contribution in [2.75, 3.05) is 13.7 Å². The van der Waals surface area contributed by atoms with E-state index >= 15 is 0 Å². The first-order chi connectivity index (χ1) is 8.86. The molecule has 1 saturated carbocycles. The van der Waals surface area contributed by atoms with Crippen molar-refractivity contribution in [3.63, 3.8) is 0 Å². The van der Waals surface area contributed by atoms with E-state index < -0.39 is 0 Å². The van der Waals surface area contributed by atoms with Crippen LogP contribution in [0.2, 0.25) is 0 Å². The summed E-state index contributed by atoms with van der Waals surface area (Å²) in [7, 11) is 1.88. The highest BCUT2D eigenvalue weighted by molar-refractivity contribution is 8.01. The van der Waals surface area contributed by atoms with Crippen LogP contribution < -0.4 is 0 Å². The van der Waals surface area contributed by atoms with Crippen LogP contribution in [-0.4, -0.2) is 23.7 Å². The second kappa shape index (κ2) is 5.26. The summed E-state index contributed by atoms with van der Waals surface area (Å²) in [6, 6.07) is 0. The Morgan fingerprint density at radius 1 is 1.16 bits per heavy atom. The fourth-order valence-corrected chi connectivity index (χ4v) is 7.21. The number of ether oxygens (including phenoxy) is 1. The van der Waals surface area contributed by atoms with Crippen molar-refractivity contribution in [2.45, 2.75) is 76.7 Å². The number of rotatable bonds is 3. The van der Waals surface area contributed by atoms with Gasteiger partial charge in [0.1, 0.15) is 0 Å². The molecule has 0 aromatic heterocycles. The van der Waals surface area contributed by atoms with Gasteiger partial charge in [-0.1, -0.05) is 47.5 Å². The van der Waals surface area contributed by atoms with Crippen molar-refractivity contribution >= 4 is 11.8 Å². The van der Waals surface area contributed by atoms with Crippen LogP contribution in [0.1, 0.15) is 66.7 Å². The van der Waals surface area contributed by atoms with Crippen LogP contribution in [0.15, 0.2) is 0 Å². The molecule has 4 atom stereocenters. The van der Waals surface area contributed by atoms with Gasteiger partial charge in [-0.25, -0.2) is 0 Å². The molecule has 2 aliphatic rings. The smallest absolute Gasteiger partial charge is 0.0532 e. The Bertz CT molecular complexity index is 323. The first-order valence-electron chi connectivity index (χ1n) is 8.03. The lowest BCUT2D eigenvalue weighted by Gasteiger charge is -2.62. The molecule has 0 aromatic rings. The number of hydrogen-bond donors (Lipinski definition) is 0. The molecule has 112 valence electrons. The first-order valence-corrected chi connectivity index (χ1v) is 8.91. The lowest BCUT2D eigenvalue weighted by molar-refractivity contribution is -0.0450. The highest BCUT2D eigenvalue weighted by atomic mass is 32.2. The summed E-state index contributed by atoms with van der Waals surface area (Å²) in [6.07, 6.45) is 6.89. The summed E-state index contributed by atoms with van der Waals surface area (Å²) in [6.45, 7) is 13.3. The van der Waals surface area contributed by atoms with E-state index in [1.807, 2.05) is 7.11 Å². The molecule has 19 heavy (non-hydrogen) atoms. The summed E-state index contributed by atoms with van der Waals surface area (Å²) in [4.78, 5) is 0. The van der Waals surface area contributed by atoms with Gasteiger partial charge in [-0.2, -0.15) is 11.8 Å². The fraction of sp³-hybridized carbons (Fsp3) is 1.00. The second-order valence-electron chi connectivity index (χ2n) is 7.39. The van der Waals surface area contributed by atoms with Crippen molar-refractivity contribution in [1.29, 1.82) is 0 Å². The maximum absolute atomic E-state index is 5.70. The topological polar surface area (TPSA) is 9.23 Å². The Balaban J connectivity index is 2.42. The lowest BCUT2D eigenvalue weighted by Crippen LogP contribution is -2.60. The van der Waals surface area contributed by atoms with Gasteiger partial charge in [0.15, 0.2) is 0 Å². The van der Waals surface area contributed by atoms with E-state index in [0.717, 1.165) is 17.8 Å². The van der Waals surface area contributed by atoms with Gasteiger partial charge in [0, 0.05) is 22.5 Å². The molecule has 4 unspecified atom stereocenters. The summed E-state index contributed by atoms with van der Waals surface area (Å²) >= 11 is 2.30. The van der Waals surface area contributed by atoms with Gasteiger partial charge >= 0.3 is 0 Å². The van der Waals surface area contributed by atoms with Crippen LogP contribution in [0.25, 0.3) is 0 Å². The van der Waals surface area contributed by atoms with Gasteiger partial charge in [-0.05, 0) is 30.6 Å². The average molecular weight is 285 g/mol. The van der Waals surface area contributed by atoms with E-state index in [9.17, 15) is 0 Å². The minimum Gasteiger partial charge on any atom is -0.384 e. The fourth-order valence-electron chi connectivity index (χ4n) is 4.87. The molecule has 2 rings (SSSR count). The van der Waals surface area contributed by atoms with Crippen molar-refractivity contribution in [2.24, 2.45) is 16.7 Å². The molecular weight excluding hydrogens is 252 g/mol. The Morgan fingerprint density at radius 3 is 2.21 bits per heavy atom. The summed E-state index contributed by atoms with van der Waals surface area (Å²) in [5.41, 5.74) is 0.756. The predicted molar refractivity (Wildman–Crippen MR) is 85.8 cm³/mol. The Kier molecular flexibility index (Phi) is 4.34. The van der Waals surface area contributed by atoms with Crippen LogP contribution in [0.3, 0.4) is 0 Å². The van der Waals surface area contributed by atoms with E-state index in [0.29, 0.717) is 15.6 Å². The van der Waals surface area contributed by atoms with Crippen molar-refractivity contribution in [1.82, 2.24) is 0 Å². The minimum atomic E-state index is 0.320. The van der Waals surface area contributed by atoms with Gasteiger partial charge in [0.2, 0.25) is 0 Å². The highest BCUT2D eigenvalue weighted by Gasteiger charge is 2.62. The SMILES string of the molecule is CCC1(C)C(C)SC2(CCCC2)C(C)(COC)C1C. The zero-order chi connectivity index (χ0) is 14.3. The standard InChI is InChI=1S/C17H32OS/c1-7-15(4)13(2)16(5,12-18-6)17(19-14(15)3)10-8-9-11-17/h13-14H,7-12H2,1-6H3. The van der Waals surface area contributed by atoms with Gasteiger partial charge in [-0.15, -0.1) is 0 Å². The van der Waals surface area contributed by atoms with E-state index in [1.165, 1.54) is 32.1 Å². The molecule has 1 heterocycles. The quantitative estimate of drug-likeness (QED) is 0.709. The highest BCUT2D eigenvalue weighted by Crippen LogP contribution is 2.67. The van der Waals surface area contributed by atoms with E-state index in [1.54, 1.807) is 0 Å². The largest absolute Gasteiger partial charge is 0.384 e. The van der Waals surface area contributed by atoms with Crippen LogP contribution in [0.4, 0.5) is 0 Å². The summed E-state index contributed by atoms with van der Waals surface area (Å²) in [5.74, 6) is 0.722. The van der Waals surface area contributed by atoms with Crippen LogP contribution in [-0.2, 0) is 4.74 Å². The second-order valence-corrected chi connectivity index (χ2v) is 9.12. The van der Waals surface area contributed by atoms with E-state index in [4.69, 9.17) is 4.74 Å². The molecule has 0 amide bonds. The lowest BCUT2D eigenvalue weighted by atomic mass is 9.56. The molecule has 1 aliphatic carbocycles. The monoisotopic (exact) mass is 284 g/mol. The molecule has 0 radical (unpaired) electrons. The maximum Gasteiger partial charge on any atom is 0.0532 e. The first kappa shape index (κ1) is 15.7. The van der Waals surface area contributed by atoms with Crippen LogP contribution in [0, 0.1) is 16.7 Å². The summed E-state index contributed by atoms with van der Waals surface area (Å²) < 4.78 is 6.17. The van der Waals surface area contributed by atoms with Crippen molar-refractivity contribution in [3.05, 3.63) is 0 Å². The van der Waals surface area contributed by atoms with E-state index in [2.05, 4.69) is 46.4 Å². The average Bonchev–Trinajstić information content (AvgIpc) is 2.85. The van der Waals surface area contributed by atoms with Gasteiger partial charge < -0.3 is 4.74 Å². The van der Waals surface area contributed by atoms with Gasteiger partial charge in [0.25, 0.3) is 0 Å². The Morgan fingerprint density at radius 2 is 1.74 bits per heavy atom. The molecule has 0 aromatic carbocycles. The Labute approximate surface area is 124 Å². The molecule has 1 saturated heterocycles. The van der Waals surface area contributed by atoms with Crippen molar-refractivity contribution < 1.29 is 4.74 Å². The molecule has 0 N–H and O–H groups in total. The minimum absolute atomic E-state index is 0.320. The zero-order valence-corrected chi connectivity index (χ0v) is 14.5. The molecule has 1 nitrogen and oxygen atoms in total. The van der Waals surface area contributed by atoms with Crippen LogP contribution in [0.5, 0.6) is 0 Å². The van der Waals surface area contributed by atoms with Crippen LogP contribution >= 0.6 is 11.8 Å². The Hall–Kier alpha value is 0.310. The molecule has 2 heteroatoms. The normalized spacial score (nSPS) is 45.8. The third kappa shape index (κ3) is 2.09. The number of thioether (sulfide) groups is 1. The molecule has 1 aliphatic heterocycles. The van der Waals surface area contributed by atoms with Crippen molar-refractivity contribution in [3.8, 4) is 0 Å². The zero-order valence-electron chi connectivity index (χ0n) is 13.7.